The van der Waals surface area contributed by atoms with E-state index in [1.807, 2.05) is 29.2 Å². The Balaban J connectivity index is 1.57. The summed E-state index contributed by atoms with van der Waals surface area (Å²) in [7, 11) is 0. The number of hydrogen-bond donors (Lipinski definition) is 2. The Morgan fingerprint density at radius 3 is 2.83 bits per heavy atom. The van der Waals surface area contributed by atoms with Gasteiger partial charge in [-0.25, -0.2) is 4.98 Å². The van der Waals surface area contributed by atoms with Crippen LogP contribution in [0.25, 0.3) is 11.0 Å². The highest BCUT2D eigenvalue weighted by molar-refractivity contribution is 5.92. The summed E-state index contributed by atoms with van der Waals surface area (Å²) in [6, 6.07) is 7.86. The number of nitrogens with zero attached hydrogens (tertiary/aromatic N) is 2. The van der Waals surface area contributed by atoms with Crippen LogP contribution < -0.4 is 0 Å². The van der Waals surface area contributed by atoms with Gasteiger partial charge in [-0.05, 0) is 44.2 Å². The molecule has 1 saturated carbocycles. The molecule has 2 N–H and O–H groups in total. The van der Waals surface area contributed by atoms with E-state index in [0.29, 0.717) is 6.42 Å². The molecular weight excluding hydrogens is 306 g/mol. The Hall–Kier alpha value is -2.37. The number of aromatic nitrogens is 2. The second-order valence-electron chi connectivity index (χ2n) is 6.91. The lowest BCUT2D eigenvalue weighted by molar-refractivity contribution is -0.139. The van der Waals surface area contributed by atoms with Crippen LogP contribution in [0.4, 0.5) is 0 Å². The van der Waals surface area contributed by atoms with Gasteiger partial charge in [-0.15, -0.1) is 0 Å². The minimum absolute atomic E-state index is 0.0513. The number of carboxylic acid groups (broad SMARTS) is 1. The maximum Gasteiger partial charge on any atom is 0.303 e. The third kappa shape index (κ3) is 2.46. The normalized spacial score (nSPS) is 22.0. The third-order valence-electron chi connectivity index (χ3n) is 5.33. The van der Waals surface area contributed by atoms with Crippen molar-refractivity contribution in [3.05, 3.63) is 30.1 Å². The Morgan fingerprint density at radius 1 is 1.33 bits per heavy atom. The van der Waals surface area contributed by atoms with Gasteiger partial charge in [-0.1, -0.05) is 12.1 Å². The van der Waals surface area contributed by atoms with Gasteiger partial charge in [0.25, 0.3) is 0 Å². The van der Waals surface area contributed by atoms with Crippen molar-refractivity contribution in [3.63, 3.8) is 0 Å². The molecule has 0 spiro atoms. The molecule has 0 bridgehead atoms. The number of H-pyrrole nitrogens is 1. The fourth-order valence-electron chi connectivity index (χ4n) is 3.82. The van der Waals surface area contributed by atoms with Gasteiger partial charge >= 0.3 is 5.97 Å². The maximum absolute atomic E-state index is 13.2. The van der Waals surface area contributed by atoms with Crippen LogP contribution in [0, 0.1) is 0 Å². The summed E-state index contributed by atoms with van der Waals surface area (Å²) < 4.78 is 0. The molecule has 1 aliphatic heterocycles. The van der Waals surface area contributed by atoms with Gasteiger partial charge in [0.05, 0.1) is 11.0 Å². The minimum atomic E-state index is -0.798. The lowest BCUT2D eigenvalue weighted by atomic mass is 10.0. The monoisotopic (exact) mass is 327 g/mol. The lowest BCUT2D eigenvalue weighted by Crippen LogP contribution is -2.42. The molecule has 24 heavy (non-hydrogen) atoms. The average Bonchev–Trinajstić information content (AvgIpc) is 3.06. The number of carbonyl (C=O) groups excluding carboxylic acids is 1. The molecule has 4 rings (SSSR count). The standard InChI is InChI=1S/C18H21N3O3/c22-15(23)8-7-12-4-3-11-21(12)17(24)18(9-10-18)16-19-13-5-1-2-6-14(13)20-16/h1-2,5-6,12H,3-4,7-11H2,(H,19,20)(H,22,23). The molecule has 0 radical (unpaired) electrons. The summed E-state index contributed by atoms with van der Waals surface area (Å²) >= 11 is 0. The van der Waals surface area contributed by atoms with E-state index in [-0.39, 0.29) is 18.4 Å². The van der Waals surface area contributed by atoms with Crippen LogP contribution in [-0.2, 0) is 15.0 Å². The molecular formula is C18H21N3O3. The number of rotatable bonds is 5. The van der Waals surface area contributed by atoms with E-state index in [1.54, 1.807) is 0 Å². The number of aliphatic carboxylic acids is 1. The van der Waals surface area contributed by atoms with Crippen molar-refractivity contribution in [2.45, 2.75) is 50.0 Å². The van der Waals surface area contributed by atoms with E-state index in [9.17, 15) is 9.59 Å². The van der Waals surface area contributed by atoms with Crippen molar-refractivity contribution < 1.29 is 14.7 Å². The van der Waals surface area contributed by atoms with E-state index in [1.165, 1.54) is 0 Å². The van der Waals surface area contributed by atoms with E-state index in [0.717, 1.165) is 49.1 Å². The number of imidazole rings is 1. The molecule has 2 aromatic rings. The SMILES string of the molecule is O=C(O)CCC1CCCN1C(=O)C1(c2nc3ccccc3[nH]2)CC1. The van der Waals surface area contributed by atoms with Gasteiger partial charge in [0.15, 0.2) is 0 Å². The Labute approximate surface area is 139 Å². The number of fused-ring (bicyclic) bond motifs is 1. The molecule has 2 fully saturated rings. The summed E-state index contributed by atoms with van der Waals surface area (Å²) in [5.41, 5.74) is 1.32. The molecule has 1 aromatic heterocycles. The fraction of sp³-hybridized carbons (Fsp3) is 0.500. The first-order chi connectivity index (χ1) is 11.6. The van der Waals surface area contributed by atoms with E-state index >= 15 is 0 Å². The number of aromatic amines is 1. The first kappa shape index (κ1) is 15.2. The fourth-order valence-corrected chi connectivity index (χ4v) is 3.82. The van der Waals surface area contributed by atoms with Crippen LogP contribution in [0.3, 0.4) is 0 Å². The van der Waals surface area contributed by atoms with Crippen molar-refractivity contribution in [2.24, 2.45) is 0 Å². The molecule has 6 nitrogen and oxygen atoms in total. The Bertz CT molecular complexity index is 761. The van der Waals surface area contributed by atoms with Gasteiger partial charge < -0.3 is 15.0 Å². The number of benzene rings is 1. The Kier molecular flexibility index (Phi) is 3.55. The van der Waals surface area contributed by atoms with Gasteiger partial charge in [-0.3, -0.25) is 9.59 Å². The van der Waals surface area contributed by atoms with E-state index in [4.69, 9.17) is 5.11 Å². The number of nitrogens with one attached hydrogen (secondary N) is 1. The van der Waals surface area contributed by atoms with Gasteiger partial charge in [-0.2, -0.15) is 0 Å². The number of hydrogen-bond acceptors (Lipinski definition) is 3. The largest absolute Gasteiger partial charge is 0.481 e. The van der Waals surface area contributed by atoms with Crippen molar-refractivity contribution in [1.82, 2.24) is 14.9 Å². The van der Waals surface area contributed by atoms with Crippen molar-refractivity contribution in [3.8, 4) is 0 Å². The highest BCUT2D eigenvalue weighted by Gasteiger charge is 2.56. The molecule has 6 heteroatoms. The van der Waals surface area contributed by atoms with Crippen LogP contribution in [-0.4, -0.2) is 44.4 Å². The molecule has 1 amide bonds. The molecule has 1 unspecified atom stereocenters. The van der Waals surface area contributed by atoms with Crippen LogP contribution >= 0.6 is 0 Å². The molecule has 1 aromatic carbocycles. The summed E-state index contributed by atoms with van der Waals surface area (Å²) in [5.74, 6) is 0.0831. The van der Waals surface area contributed by atoms with Crippen molar-refractivity contribution in [2.75, 3.05) is 6.54 Å². The highest BCUT2D eigenvalue weighted by atomic mass is 16.4. The molecule has 1 aliphatic carbocycles. The summed E-state index contributed by atoms with van der Waals surface area (Å²) in [4.78, 5) is 33.9. The Morgan fingerprint density at radius 2 is 2.12 bits per heavy atom. The molecule has 2 heterocycles. The smallest absolute Gasteiger partial charge is 0.303 e. The van der Waals surface area contributed by atoms with Crippen LogP contribution in [0.15, 0.2) is 24.3 Å². The zero-order valence-electron chi connectivity index (χ0n) is 13.5. The predicted molar refractivity (Wildman–Crippen MR) is 88.6 cm³/mol. The number of carboxylic acids is 1. The molecule has 1 saturated heterocycles. The van der Waals surface area contributed by atoms with Crippen LogP contribution in [0.2, 0.25) is 0 Å². The van der Waals surface area contributed by atoms with Crippen LogP contribution in [0.5, 0.6) is 0 Å². The van der Waals surface area contributed by atoms with E-state index in [2.05, 4.69) is 9.97 Å². The van der Waals surface area contributed by atoms with Gasteiger partial charge in [0.1, 0.15) is 11.2 Å². The van der Waals surface area contributed by atoms with Gasteiger partial charge in [0.2, 0.25) is 5.91 Å². The summed E-state index contributed by atoms with van der Waals surface area (Å²) in [5, 5.41) is 8.91. The minimum Gasteiger partial charge on any atom is -0.481 e. The topological polar surface area (TPSA) is 86.3 Å². The first-order valence-corrected chi connectivity index (χ1v) is 8.58. The summed E-state index contributed by atoms with van der Waals surface area (Å²) in [6.45, 7) is 0.727. The molecule has 2 aliphatic rings. The quantitative estimate of drug-likeness (QED) is 0.883. The first-order valence-electron chi connectivity index (χ1n) is 8.58. The molecule has 126 valence electrons. The number of likely N-dealkylation sites (tertiary alicyclic amines) is 1. The second-order valence-corrected chi connectivity index (χ2v) is 6.91. The maximum atomic E-state index is 13.2. The van der Waals surface area contributed by atoms with E-state index < -0.39 is 11.4 Å². The summed E-state index contributed by atoms with van der Waals surface area (Å²) in [6.07, 6.45) is 4.13. The third-order valence-corrected chi connectivity index (χ3v) is 5.33. The predicted octanol–water partition coefficient (Wildman–Crippen LogP) is 2.45. The van der Waals surface area contributed by atoms with Crippen LogP contribution in [0.1, 0.15) is 44.3 Å². The van der Waals surface area contributed by atoms with Gasteiger partial charge in [0, 0.05) is 19.0 Å². The second kappa shape index (κ2) is 5.61. The number of carbonyl (C=O) groups is 2. The van der Waals surface area contributed by atoms with Crippen molar-refractivity contribution >= 4 is 22.9 Å². The van der Waals surface area contributed by atoms with Crippen molar-refractivity contribution in [1.29, 1.82) is 0 Å². The highest BCUT2D eigenvalue weighted by Crippen LogP contribution is 2.49. The molecule has 1 atom stereocenters. The zero-order chi connectivity index (χ0) is 16.7. The number of para-hydroxylation sites is 2. The average molecular weight is 327 g/mol. The lowest BCUT2D eigenvalue weighted by Gasteiger charge is -2.28. The number of amides is 1. The zero-order valence-corrected chi connectivity index (χ0v) is 13.5.